The summed E-state index contributed by atoms with van der Waals surface area (Å²) in [4.78, 5) is 21.4. The lowest BCUT2D eigenvalue weighted by molar-refractivity contribution is -0.385. The molecule has 0 atom stereocenters. The minimum Gasteiger partial charge on any atom is -0.477 e. The fourth-order valence-corrected chi connectivity index (χ4v) is 2.52. The van der Waals surface area contributed by atoms with E-state index < -0.39 is 10.9 Å². The average molecular weight is 264 g/mol. The van der Waals surface area contributed by atoms with E-state index >= 15 is 0 Å². The molecule has 6 heteroatoms. The Bertz CT molecular complexity index is 495. The van der Waals surface area contributed by atoms with Crippen molar-refractivity contribution in [2.45, 2.75) is 38.3 Å². The summed E-state index contributed by atoms with van der Waals surface area (Å²) in [6.45, 7) is 0.355. The van der Waals surface area contributed by atoms with Crippen molar-refractivity contribution in [2.24, 2.45) is 0 Å². The molecular formula is C13H16N2O4. The van der Waals surface area contributed by atoms with Crippen LogP contribution in [0.3, 0.4) is 0 Å². The number of nitrogens with zero attached hydrogens (tertiary/aromatic N) is 1. The molecule has 0 spiro atoms. The highest BCUT2D eigenvalue weighted by Crippen LogP contribution is 2.23. The van der Waals surface area contributed by atoms with Crippen molar-refractivity contribution >= 4 is 11.7 Å². The van der Waals surface area contributed by atoms with Gasteiger partial charge in [-0.25, -0.2) is 4.79 Å². The molecule has 0 aromatic heterocycles. The molecule has 0 radical (unpaired) electrons. The van der Waals surface area contributed by atoms with Crippen LogP contribution in [-0.2, 0) is 6.54 Å². The number of carboxylic acid groups (broad SMARTS) is 1. The quantitative estimate of drug-likeness (QED) is 0.629. The van der Waals surface area contributed by atoms with Gasteiger partial charge in [-0.3, -0.25) is 10.1 Å². The topological polar surface area (TPSA) is 92.5 Å². The van der Waals surface area contributed by atoms with Gasteiger partial charge in [0.25, 0.3) is 5.69 Å². The SMILES string of the molecule is O=C(O)c1c(CNC2CCCC2)cccc1[N+](=O)[O-]. The Hall–Kier alpha value is -1.95. The molecule has 0 amide bonds. The minimum atomic E-state index is -1.25. The zero-order chi connectivity index (χ0) is 13.8. The Morgan fingerprint density at radius 2 is 2.11 bits per heavy atom. The van der Waals surface area contributed by atoms with Crippen molar-refractivity contribution in [2.75, 3.05) is 0 Å². The standard InChI is InChI=1S/C13H16N2O4/c16-13(17)12-9(4-3-7-11(12)15(18)19)8-14-10-5-1-2-6-10/h3-4,7,10,14H,1-2,5-6,8H2,(H,16,17). The van der Waals surface area contributed by atoms with E-state index in [9.17, 15) is 14.9 Å². The van der Waals surface area contributed by atoms with E-state index in [0.717, 1.165) is 12.8 Å². The van der Waals surface area contributed by atoms with Gasteiger partial charge in [-0.2, -0.15) is 0 Å². The molecule has 1 aromatic carbocycles. The third-order valence-electron chi connectivity index (χ3n) is 3.48. The van der Waals surface area contributed by atoms with Gasteiger partial charge < -0.3 is 10.4 Å². The highest BCUT2D eigenvalue weighted by Gasteiger charge is 2.24. The van der Waals surface area contributed by atoms with E-state index in [1.165, 1.54) is 25.0 Å². The monoisotopic (exact) mass is 264 g/mol. The van der Waals surface area contributed by atoms with Crippen molar-refractivity contribution in [1.29, 1.82) is 0 Å². The number of benzene rings is 1. The van der Waals surface area contributed by atoms with Crippen LogP contribution in [-0.4, -0.2) is 22.0 Å². The average Bonchev–Trinajstić information content (AvgIpc) is 2.88. The number of carboxylic acids is 1. The number of nitro groups is 1. The molecule has 2 rings (SSSR count). The molecule has 2 N–H and O–H groups in total. The lowest BCUT2D eigenvalue weighted by Crippen LogP contribution is -2.26. The van der Waals surface area contributed by atoms with Gasteiger partial charge in [0.1, 0.15) is 5.56 Å². The van der Waals surface area contributed by atoms with Gasteiger partial charge in [-0.1, -0.05) is 25.0 Å². The second-order valence-corrected chi connectivity index (χ2v) is 4.74. The van der Waals surface area contributed by atoms with Crippen LogP contribution < -0.4 is 5.32 Å². The summed E-state index contributed by atoms with van der Waals surface area (Å²) in [6, 6.07) is 4.76. The second kappa shape index (κ2) is 5.79. The fourth-order valence-electron chi connectivity index (χ4n) is 2.52. The highest BCUT2D eigenvalue weighted by atomic mass is 16.6. The summed E-state index contributed by atoms with van der Waals surface area (Å²) in [5, 5.41) is 23.3. The fraction of sp³-hybridized carbons (Fsp3) is 0.462. The lowest BCUT2D eigenvalue weighted by atomic mass is 10.0. The summed E-state index contributed by atoms with van der Waals surface area (Å²) in [5.74, 6) is -1.25. The molecule has 0 saturated heterocycles. The second-order valence-electron chi connectivity index (χ2n) is 4.74. The molecule has 1 saturated carbocycles. The molecular weight excluding hydrogens is 248 g/mol. The number of nitro benzene ring substituents is 1. The lowest BCUT2D eigenvalue weighted by Gasteiger charge is -2.13. The zero-order valence-electron chi connectivity index (χ0n) is 10.5. The largest absolute Gasteiger partial charge is 0.477 e. The van der Waals surface area contributed by atoms with E-state index in [-0.39, 0.29) is 11.3 Å². The smallest absolute Gasteiger partial charge is 0.343 e. The Labute approximate surface area is 110 Å². The first-order valence-corrected chi connectivity index (χ1v) is 6.32. The first-order valence-electron chi connectivity index (χ1n) is 6.32. The van der Waals surface area contributed by atoms with Crippen LogP contribution in [0.1, 0.15) is 41.6 Å². The Morgan fingerprint density at radius 3 is 2.68 bits per heavy atom. The van der Waals surface area contributed by atoms with E-state index in [4.69, 9.17) is 5.11 Å². The minimum absolute atomic E-state index is 0.210. The highest BCUT2D eigenvalue weighted by molar-refractivity contribution is 5.94. The van der Waals surface area contributed by atoms with Crippen LogP contribution in [0, 0.1) is 10.1 Å². The van der Waals surface area contributed by atoms with Crippen molar-refractivity contribution in [3.8, 4) is 0 Å². The van der Waals surface area contributed by atoms with E-state index in [0.29, 0.717) is 18.2 Å². The van der Waals surface area contributed by atoms with Crippen molar-refractivity contribution < 1.29 is 14.8 Å². The first-order chi connectivity index (χ1) is 9.09. The van der Waals surface area contributed by atoms with Gasteiger partial charge in [0, 0.05) is 18.7 Å². The predicted molar refractivity (Wildman–Crippen MR) is 69.2 cm³/mol. The molecule has 1 aliphatic carbocycles. The molecule has 1 aliphatic rings. The summed E-state index contributed by atoms with van der Waals surface area (Å²) in [7, 11) is 0. The first kappa shape index (κ1) is 13.5. The van der Waals surface area contributed by atoms with Crippen LogP contribution in [0.25, 0.3) is 0 Å². The maximum atomic E-state index is 11.2. The summed E-state index contributed by atoms with van der Waals surface area (Å²) >= 11 is 0. The Kier molecular flexibility index (Phi) is 4.11. The van der Waals surface area contributed by atoms with Gasteiger partial charge in [0.05, 0.1) is 4.92 Å². The summed E-state index contributed by atoms with van der Waals surface area (Å²) < 4.78 is 0. The van der Waals surface area contributed by atoms with Gasteiger partial charge in [0.2, 0.25) is 0 Å². The summed E-state index contributed by atoms with van der Waals surface area (Å²) in [6.07, 6.45) is 4.52. The van der Waals surface area contributed by atoms with Crippen molar-refractivity contribution in [1.82, 2.24) is 5.32 Å². The van der Waals surface area contributed by atoms with Crippen LogP contribution >= 0.6 is 0 Å². The Balaban J connectivity index is 2.20. The molecule has 6 nitrogen and oxygen atoms in total. The number of hydrogen-bond donors (Lipinski definition) is 2. The van der Waals surface area contributed by atoms with Crippen LogP contribution in [0.15, 0.2) is 18.2 Å². The van der Waals surface area contributed by atoms with Crippen molar-refractivity contribution in [3.63, 3.8) is 0 Å². The number of aromatic carboxylic acids is 1. The van der Waals surface area contributed by atoms with Gasteiger partial charge in [0.15, 0.2) is 0 Å². The van der Waals surface area contributed by atoms with Gasteiger partial charge in [-0.15, -0.1) is 0 Å². The molecule has 1 fully saturated rings. The zero-order valence-corrected chi connectivity index (χ0v) is 10.5. The third kappa shape index (κ3) is 3.08. The maximum absolute atomic E-state index is 11.2. The number of hydrogen-bond acceptors (Lipinski definition) is 4. The molecule has 1 aromatic rings. The molecule has 19 heavy (non-hydrogen) atoms. The molecule has 0 bridgehead atoms. The van der Waals surface area contributed by atoms with E-state index in [1.807, 2.05) is 0 Å². The van der Waals surface area contributed by atoms with Gasteiger partial charge in [-0.05, 0) is 18.4 Å². The molecule has 102 valence electrons. The number of rotatable bonds is 5. The van der Waals surface area contributed by atoms with E-state index in [1.54, 1.807) is 6.07 Å². The summed E-state index contributed by atoms with van der Waals surface area (Å²) in [5.41, 5.74) is -0.0928. The molecule has 0 unspecified atom stereocenters. The maximum Gasteiger partial charge on any atom is 0.343 e. The van der Waals surface area contributed by atoms with Crippen LogP contribution in [0.5, 0.6) is 0 Å². The number of nitrogens with one attached hydrogen (secondary N) is 1. The molecule has 0 aliphatic heterocycles. The predicted octanol–water partition coefficient (Wildman–Crippen LogP) is 2.33. The third-order valence-corrected chi connectivity index (χ3v) is 3.48. The van der Waals surface area contributed by atoms with Crippen molar-refractivity contribution in [3.05, 3.63) is 39.4 Å². The normalized spacial score (nSPS) is 15.6. The number of carbonyl (C=O) groups is 1. The molecule has 0 heterocycles. The van der Waals surface area contributed by atoms with Crippen LogP contribution in [0.2, 0.25) is 0 Å². The van der Waals surface area contributed by atoms with E-state index in [2.05, 4.69) is 5.32 Å². The van der Waals surface area contributed by atoms with Gasteiger partial charge >= 0.3 is 5.97 Å². The van der Waals surface area contributed by atoms with Crippen LogP contribution in [0.4, 0.5) is 5.69 Å². The Morgan fingerprint density at radius 1 is 1.42 bits per heavy atom.